The highest BCUT2D eigenvalue weighted by Crippen LogP contribution is 2.23. The molecule has 1 aromatic heterocycles. The number of carbonyl (C=O) groups is 1. The van der Waals surface area contributed by atoms with Gasteiger partial charge >= 0.3 is 5.97 Å². The van der Waals surface area contributed by atoms with E-state index in [4.69, 9.17) is 9.84 Å². The molecule has 0 aliphatic rings. The van der Waals surface area contributed by atoms with Crippen molar-refractivity contribution in [2.45, 2.75) is 38.9 Å². The quantitative estimate of drug-likeness (QED) is 0.814. The molecule has 3 nitrogen and oxygen atoms in total. The molecule has 0 aliphatic heterocycles. The van der Waals surface area contributed by atoms with Gasteiger partial charge in [0.2, 0.25) is 0 Å². The van der Waals surface area contributed by atoms with E-state index < -0.39 is 11.6 Å². The number of hydrogen-bond acceptors (Lipinski definition) is 3. The molecule has 0 bridgehead atoms. The molecule has 1 N–H and O–H groups in total. The Kier molecular flexibility index (Phi) is 4.29. The fraction of sp³-hybridized carbons (Fsp3) is 0.545. The zero-order chi connectivity index (χ0) is 11.3. The van der Waals surface area contributed by atoms with E-state index in [-0.39, 0.29) is 0 Å². The van der Waals surface area contributed by atoms with Gasteiger partial charge in [-0.05, 0) is 24.3 Å². The molecule has 0 spiro atoms. The van der Waals surface area contributed by atoms with Gasteiger partial charge in [-0.25, -0.2) is 4.79 Å². The monoisotopic (exact) mass is 228 g/mol. The lowest BCUT2D eigenvalue weighted by Gasteiger charge is -2.26. The average molecular weight is 228 g/mol. The van der Waals surface area contributed by atoms with Crippen molar-refractivity contribution in [3.8, 4) is 0 Å². The largest absolute Gasteiger partial charge is 0.479 e. The van der Waals surface area contributed by atoms with E-state index in [1.807, 2.05) is 31.4 Å². The zero-order valence-electron chi connectivity index (χ0n) is 9.03. The van der Waals surface area contributed by atoms with E-state index in [2.05, 4.69) is 0 Å². The predicted octanol–water partition coefficient (Wildman–Crippen LogP) is 2.91. The van der Waals surface area contributed by atoms with Crippen LogP contribution in [0.2, 0.25) is 0 Å². The van der Waals surface area contributed by atoms with Gasteiger partial charge in [0.25, 0.3) is 0 Å². The topological polar surface area (TPSA) is 46.5 Å². The molecule has 0 fully saturated rings. The van der Waals surface area contributed by atoms with E-state index in [1.54, 1.807) is 11.3 Å². The third kappa shape index (κ3) is 2.79. The Balaban J connectivity index is 2.63. The van der Waals surface area contributed by atoms with Crippen LogP contribution in [0.15, 0.2) is 17.5 Å². The summed E-state index contributed by atoms with van der Waals surface area (Å²) in [5.74, 6) is -0.871. The maximum Gasteiger partial charge on any atom is 0.335 e. The van der Waals surface area contributed by atoms with Crippen molar-refractivity contribution in [2.75, 3.05) is 0 Å². The molecule has 84 valence electrons. The molecule has 15 heavy (non-hydrogen) atoms. The Morgan fingerprint density at radius 3 is 2.60 bits per heavy atom. The normalized spacial score (nSPS) is 11.6. The SMILES string of the molecule is CCC(CC)(OCc1cccs1)C(=O)O. The minimum absolute atomic E-state index is 0.381. The first kappa shape index (κ1) is 12.2. The Morgan fingerprint density at radius 2 is 2.20 bits per heavy atom. The highest BCUT2D eigenvalue weighted by molar-refractivity contribution is 7.09. The fourth-order valence-corrected chi connectivity index (χ4v) is 2.04. The Bertz CT molecular complexity index is 302. The maximum atomic E-state index is 11.1. The number of carboxylic acids is 1. The summed E-state index contributed by atoms with van der Waals surface area (Å²) >= 11 is 1.58. The van der Waals surface area contributed by atoms with Crippen LogP contribution in [0, 0.1) is 0 Å². The molecular formula is C11H16O3S. The van der Waals surface area contributed by atoms with E-state index >= 15 is 0 Å². The second kappa shape index (κ2) is 5.28. The number of rotatable bonds is 6. The van der Waals surface area contributed by atoms with Crippen molar-refractivity contribution in [1.82, 2.24) is 0 Å². The molecule has 1 heterocycles. The first-order valence-corrected chi connectivity index (χ1v) is 5.92. The van der Waals surface area contributed by atoms with E-state index in [0.717, 1.165) is 4.88 Å². The summed E-state index contributed by atoms with van der Waals surface area (Å²) in [7, 11) is 0. The molecule has 0 unspecified atom stereocenters. The lowest BCUT2D eigenvalue weighted by atomic mass is 9.97. The van der Waals surface area contributed by atoms with Gasteiger partial charge in [-0.3, -0.25) is 0 Å². The smallest absolute Gasteiger partial charge is 0.335 e. The number of carboxylic acid groups (broad SMARTS) is 1. The molecule has 0 radical (unpaired) electrons. The standard InChI is InChI=1S/C11H16O3S/c1-3-11(4-2,10(12)13)14-8-9-6-5-7-15-9/h5-7H,3-4,8H2,1-2H3,(H,12,13). The van der Waals surface area contributed by atoms with Gasteiger partial charge in [0.1, 0.15) is 0 Å². The second-order valence-corrected chi connectivity index (χ2v) is 4.41. The molecule has 0 saturated heterocycles. The summed E-state index contributed by atoms with van der Waals surface area (Å²) in [6, 6.07) is 3.88. The number of hydrogen-bond donors (Lipinski definition) is 1. The van der Waals surface area contributed by atoms with Gasteiger partial charge in [0.15, 0.2) is 5.60 Å². The summed E-state index contributed by atoms with van der Waals surface area (Å²) < 4.78 is 5.54. The molecule has 4 heteroatoms. The Labute approximate surface area is 93.7 Å². The Morgan fingerprint density at radius 1 is 1.53 bits per heavy atom. The van der Waals surface area contributed by atoms with Gasteiger partial charge in [0.05, 0.1) is 6.61 Å². The van der Waals surface area contributed by atoms with Crippen LogP contribution in [0.25, 0.3) is 0 Å². The first-order valence-electron chi connectivity index (χ1n) is 5.04. The summed E-state index contributed by atoms with van der Waals surface area (Å²) in [6.07, 6.45) is 0.981. The first-order chi connectivity index (χ1) is 7.14. The van der Waals surface area contributed by atoms with Crippen molar-refractivity contribution in [1.29, 1.82) is 0 Å². The molecule has 0 aliphatic carbocycles. The number of ether oxygens (including phenoxy) is 1. The van der Waals surface area contributed by atoms with Crippen molar-refractivity contribution in [3.05, 3.63) is 22.4 Å². The summed E-state index contributed by atoms with van der Waals surface area (Å²) in [6.45, 7) is 4.06. The third-order valence-electron chi connectivity index (χ3n) is 2.60. The summed E-state index contributed by atoms with van der Waals surface area (Å²) in [4.78, 5) is 12.2. The molecular weight excluding hydrogens is 212 g/mol. The Hall–Kier alpha value is -0.870. The van der Waals surface area contributed by atoms with Crippen LogP contribution in [0.3, 0.4) is 0 Å². The molecule has 0 amide bonds. The van der Waals surface area contributed by atoms with Crippen LogP contribution in [0.4, 0.5) is 0 Å². The number of aliphatic carboxylic acids is 1. The molecule has 0 saturated carbocycles. The number of thiophene rings is 1. The van der Waals surface area contributed by atoms with Crippen molar-refractivity contribution >= 4 is 17.3 Å². The van der Waals surface area contributed by atoms with Gasteiger partial charge in [0, 0.05) is 4.88 Å². The van der Waals surface area contributed by atoms with Crippen LogP contribution < -0.4 is 0 Å². The van der Waals surface area contributed by atoms with E-state index in [9.17, 15) is 4.79 Å². The van der Waals surface area contributed by atoms with Gasteiger partial charge in [-0.15, -0.1) is 11.3 Å². The van der Waals surface area contributed by atoms with Crippen molar-refractivity contribution in [2.24, 2.45) is 0 Å². The maximum absolute atomic E-state index is 11.1. The zero-order valence-corrected chi connectivity index (χ0v) is 9.84. The lowest BCUT2D eigenvalue weighted by molar-refractivity contribution is -0.169. The van der Waals surface area contributed by atoms with Crippen LogP contribution >= 0.6 is 11.3 Å². The molecule has 1 rings (SSSR count). The second-order valence-electron chi connectivity index (χ2n) is 3.37. The van der Waals surface area contributed by atoms with Crippen LogP contribution in [-0.2, 0) is 16.1 Å². The van der Waals surface area contributed by atoms with E-state index in [1.165, 1.54) is 0 Å². The minimum Gasteiger partial charge on any atom is -0.479 e. The van der Waals surface area contributed by atoms with Crippen LogP contribution in [0.5, 0.6) is 0 Å². The summed E-state index contributed by atoms with van der Waals surface area (Å²) in [5.41, 5.74) is -1.02. The van der Waals surface area contributed by atoms with E-state index in [0.29, 0.717) is 19.4 Å². The van der Waals surface area contributed by atoms with Gasteiger partial charge in [-0.2, -0.15) is 0 Å². The summed E-state index contributed by atoms with van der Waals surface area (Å²) in [5, 5.41) is 11.1. The molecule has 0 aromatic carbocycles. The van der Waals surface area contributed by atoms with Crippen LogP contribution in [0.1, 0.15) is 31.6 Å². The van der Waals surface area contributed by atoms with Crippen molar-refractivity contribution < 1.29 is 14.6 Å². The molecule has 1 aromatic rings. The fourth-order valence-electron chi connectivity index (χ4n) is 1.42. The average Bonchev–Trinajstić information content (AvgIpc) is 2.72. The van der Waals surface area contributed by atoms with Gasteiger partial charge in [-0.1, -0.05) is 19.9 Å². The van der Waals surface area contributed by atoms with Crippen LogP contribution in [-0.4, -0.2) is 16.7 Å². The van der Waals surface area contributed by atoms with Gasteiger partial charge < -0.3 is 9.84 Å². The predicted molar refractivity (Wildman–Crippen MR) is 60.1 cm³/mol. The molecule has 0 atom stereocenters. The highest BCUT2D eigenvalue weighted by Gasteiger charge is 2.35. The van der Waals surface area contributed by atoms with Crippen molar-refractivity contribution in [3.63, 3.8) is 0 Å². The third-order valence-corrected chi connectivity index (χ3v) is 3.45. The highest BCUT2D eigenvalue weighted by atomic mass is 32.1. The lowest BCUT2D eigenvalue weighted by Crippen LogP contribution is -2.40. The minimum atomic E-state index is -1.02.